The van der Waals surface area contributed by atoms with Crippen LogP contribution in [-0.2, 0) is 12.7 Å². The number of carbonyl (C=O) groups is 2. The molecule has 1 saturated heterocycles. The van der Waals surface area contributed by atoms with Crippen LogP contribution in [0.25, 0.3) is 11.5 Å². The highest BCUT2D eigenvalue weighted by molar-refractivity contribution is 6.01. The summed E-state index contributed by atoms with van der Waals surface area (Å²) in [4.78, 5) is 38.0. The van der Waals surface area contributed by atoms with Crippen LogP contribution in [0.1, 0.15) is 80.8 Å². The minimum Gasteiger partial charge on any atom is -0.446 e. The molecule has 0 bridgehead atoms. The second kappa shape index (κ2) is 14.7. The summed E-state index contributed by atoms with van der Waals surface area (Å²) < 4.78 is 51.1. The predicted octanol–water partition coefficient (Wildman–Crippen LogP) is 6.64. The molecule has 0 spiro atoms. The molecule has 6 rings (SSSR count). The van der Waals surface area contributed by atoms with Crippen molar-refractivity contribution in [3.05, 3.63) is 131 Å². The van der Waals surface area contributed by atoms with E-state index in [1.54, 1.807) is 66.6 Å². The lowest BCUT2D eigenvalue weighted by Gasteiger charge is -2.30. The van der Waals surface area contributed by atoms with Gasteiger partial charge in [-0.3, -0.25) is 9.59 Å². The number of aliphatic hydroxyl groups excluding tert-OH is 1. The van der Waals surface area contributed by atoms with E-state index in [1.165, 1.54) is 24.6 Å². The highest BCUT2D eigenvalue weighted by Crippen LogP contribution is 2.34. The highest BCUT2D eigenvalue weighted by Gasteiger charge is 2.35. The van der Waals surface area contributed by atoms with Gasteiger partial charge >= 0.3 is 6.18 Å². The van der Waals surface area contributed by atoms with E-state index in [1.807, 2.05) is 6.92 Å². The predicted molar refractivity (Wildman–Crippen MR) is 177 cm³/mol. The number of amides is 2. The van der Waals surface area contributed by atoms with E-state index in [0.717, 1.165) is 18.6 Å². The van der Waals surface area contributed by atoms with Crippen molar-refractivity contribution in [2.75, 3.05) is 6.54 Å². The zero-order valence-electron chi connectivity index (χ0n) is 27.4. The van der Waals surface area contributed by atoms with Crippen LogP contribution < -0.4 is 10.6 Å². The monoisotopic (exact) mass is 687 g/mol. The molecule has 50 heavy (non-hydrogen) atoms. The van der Waals surface area contributed by atoms with E-state index >= 15 is 0 Å². The third-order valence-corrected chi connectivity index (χ3v) is 8.71. The van der Waals surface area contributed by atoms with E-state index in [-0.39, 0.29) is 35.5 Å². The van der Waals surface area contributed by atoms with Gasteiger partial charge in [-0.15, -0.1) is 0 Å². The first kappa shape index (κ1) is 34.6. The molecule has 3 aromatic carbocycles. The number of nitrogens with one attached hydrogen (secondary N) is 2. The summed E-state index contributed by atoms with van der Waals surface area (Å²) in [5.41, 5.74) is 1.77. The van der Waals surface area contributed by atoms with Crippen LogP contribution in [-0.4, -0.2) is 50.5 Å². The van der Waals surface area contributed by atoms with Crippen molar-refractivity contribution in [2.24, 2.45) is 0 Å². The third kappa shape index (κ3) is 7.79. The molecule has 5 aromatic rings. The molecule has 1 aliphatic rings. The van der Waals surface area contributed by atoms with E-state index in [4.69, 9.17) is 8.83 Å². The van der Waals surface area contributed by atoms with Gasteiger partial charge in [-0.05, 0) is 62.1 Å². The van der Waals surface area contributed by atoms with Gasteiger partial charge in [0, 0.05) is 29.8 Å². The Morgan fingerprint density at radius 1 is 1.04 bits per heavy atom. The van der Waals surface area contributed by atoms with Crippen LogP contribution >= 0.6 is 0 Å². The van der Waals surface area contributed by atoms with Gasteiger partial charge in [0.25, 0.3) is 11.8 Å². The molecule has 0 saturated carbocycles. The van der Waals surface area contributed by atoms with Gasteiger partial charge in [0.15, 0.2) is 0 Å². The number of alkyl halides is 3. The summed E-state index contributed by atoms with van der Waals surface area (Å²) in [5.74, 6) is -0.217. The molecule has 4 atom stereocenters. The molecule has 0 aliphatic carbocycles. The zero-order chi connectivity index (χ0) is 35.4. The number of aliphatic hydroxyl groups is 1. The molecule has 1 aliphatic heterocycles. The zero-order valence-corrected chi connectivity index (χ0v) is 27.4. The number of oxazole rings is 2. The molecule has 13 heteroatoms. The Bertz CT molecular complexity index is 1930. The number of aryl methyl sites for hydroxylation is 1. The fourth-order valence-corrected chi connectivity index (χ4v) is 6.17. The quantitative estimate of drug-likeness (QED) is 0.141. The van der Waals surface area contributed by atoms with Crippen LogP contribution in [0, 0.1) is 6.92 Å². The number of likely N-dealkylation sites (tertiary alicyclic amines) is 1. The maximum Gasteiger partial charge on any atom is 0.416 e. The second-order valence-electron chi connectivity index (χ2n) is 12.3. The van der Waals surface area contributed by atoms with Crippen LogP contribution in [0.3, 0.4) is 0 Å². The number of nitrogens with zero attached hydrogens (tertiary/aromatic N) is 3. The minimum absolute atomic E-state index is 0.0233. The molecule has 2 amide bonds. The first-order valence-corrected chi connectivity index (χ1v) is 16.2. The molecule has 260 valence electrons. The van der Waals surface area contributed by atoms with E-state index in [2.05, 4.69) is 20.6 Å². The summed E-state index contributed by atoms with van der Waals surface area (Å²) in [6, 6.07) is 16.6. The molecular formula is C37H36F3N5O5. The van der Waals surface area contributed by atoms with Crippen LogP contribution in [0.15, 0.2) is 100 Å². The maximum atomic E-state index is 13.9. The first-order chi connectivity index (χ1) is 24.0. The molecule has 2 aromatic heterocycles. The van der Waals surface area contributed by atoms with Crippen molar-refractivity contribution in [2.45, 2.75) is 63.6 Å². The molecular weight excluding hydrogens is 651 g/mol. The maximum absolute atomic E-state index is 13.9. The van der Waals surface area contributed by atoms with Gasteiger partial charge in [0.05, 0.1) is 35.6 Å². The lowest BCUT2D eigenvalue weighted by Crippen LogP contribution is -2.47. The van der Waals surface area contributed by atoms with Gasteiger partial charge in [-0.25, -0.2) is 9.97 Å². The molecule has 4 unspecified atom stereocenters. The SMILES string of the molecule is Cc1coc(C2CCCN2C(=O)c2cc(C(=O)NC(C)C(O)C(NCc3cccc(C(F)(F)F)c3)c3ccccc3)cc(-c3ncco3)c2)n1. The van der Waals surface area contributed by atoms with Gasteiger partial charge in [-0.1, -0.05) is 48.5 Å². The van der Waals surface area contributed by atoms with E-state index < -0.39 is 35.8 Å². The Kier molecular flexibility index (Phi) is 10.2. The lowest BCUT2D eigenvalue weighted by molar-refractivity contribution is -0.137. The Morgan fingerprint density at radius 3 is 2.52 bits per heavy atom. The van der Waals surface area contributed by atoms with Crippen molar-refractivity contribution >= 4 is 11.8 Å². The van der Waals surface area contributed by atoms with Gasteiger partial charge in [-0.2, -0.15) is 13.2 Å². The number of hydrogen-bond donors (Lipinski definition) is 3. The largest absolute Gasteiger partial charge is 0.446 e. The van der Waals surface area contributed by atoms with Gasteiger partial charge in [0.2, 0.25) is 11.8 Å². The van der Waals surface area contributed by atoms with Crippen molar-refractivity contribution in [1.29, 1.82) is 0 Å². The summed E-state index contributed by atoms with van der Waals surface area (Å²) in [7, 11) is 0. The van der Waals surface area contributed by atoms with E-state index in [9.17, 15) is 27.9 Å². The minimum atomic E-state index is -4.49. The fourth-order valence-electron chi connectivity index (χ4n) is 6.17. The smallest absolute Gasteiger partial charge is 0.416 e. The summed E-state index contributed by atoms with van der Waals surface area (Å²) in [5, 5.41) is 17.6. The number of rotatable bonds is 11. The number of carbonyl (C=O) groups excluding carboxylic acids is 2. The molecule has 0 radical (unpaired) electrons. The second-order valence-corrected chi connectivity index (χ2v) is 12.3. The van der Waals surface area contributed by atoms with Crippen LogP contribution in [0.4, 0.5) is 13.2 Å². The summed E-state index contributed by atoms with van der Waals surface area (Å²) in [6.07, 6.45) is 0.119. The normalized spacial score (nSPS) is 16.6. The highest BCUT2D eigenvalue weighted by atomic mass is 19.4. The average Bonchev–Trinajstić information content (AvgIpc) is 3.91. The van der Waals surface area contributed by atoms with Gasteiger partial charge in [0.1, 0.15) is 18.6 Å². The van der Waals surface area contributed by atoms with Crippen LogP contribution in [0.2, 0.25) is 0 Å². The number of aromatic nitrogens is 2. The number of hydrogen-bond acceptors (Lipinski definition) is 8. The number of benzene rings is 3. The molecule has 3 N–H and O–H groups in total. The molecule has 10 nitrogen and oxygen atoms in total. The third-order valence-electron chi connectivity index (χ3n) is 8.71. The molecule has 1 fully saturated rings. The van der Waals surface area contributed by atoms with Crippen molar-refractivity contribution in [3.8, 4) is 11.5 Å². The van der Waals surface area contributed by atoms with Crippen LogP contribution in [0.5, 0.6) is 0 Å². The fraction of sp³-hybridized carbons (Fsp3) is 0.297. The Balaban J connectivity index is 1.23. The lowest BCUT2D eigenvalue weighted by atomic mass is 9.95. The topological polar surface area (TPSA) is 134 Å². The first-order valence-electron chi connectivity index (χ1n) is 16.2. The Hall–Kier alpha value is -5.27. The molecule has 3 heterocycles. The average molecular weight is 688 g/mol. The standard InChI is InChI=1S/C37H36F3N5O5/c1-22-21-50-35(43-22)30-12-7-14-45(30)36(48)28-18-26(17-27(19-28)34-41-13-15-49-34)33(47)44-23(2)32(46)31(25-9-4-3-5-10-25)42-20-24-8-6-11-29(16-24)37(38,39)40/h3-6,8-11,13,15-19,21,23,30-32,42,46H,7,12,14,20H2,1-2H3,(H,44,47). The number of halogens is 3. The summed E-state index contributed by atoms with van der Waals surface area (Å²) in [6.45, 7) is 3.94. The Morgan fingerprint density at radius 2 is 1.82 bits per heavy atom. The van der Waals surface area contributed by atoms with Gasteiger partial charge < -0.3 is 29.5 Å². The van der Waals surface area contributed by atoms with Crippen molar-refractivity contribution in [1.82, 2.24) is 25.5 Å². The van der Waals surface area contributed by atoms with E-state index in [0.29, 0.717) is 41.2 Å². The summed E-state index contributed by atoms with van der Waals surface area (Å²) >= 11 is 0. The van der Waals surface area contributed by atoms with Crippen molar-refractivity contribution in [3.63, 3.8) is 0 Å². The Labute approximate surface area is 286 Å². The van der Waals surface area contributed by atoms with Crippen molar-refractivity contribution < 1.29 is 36.7 Å².